The van der Waals surface area contributed by atoms with E-state index in [-0.39, 0.29) is 11.1 Å². The third kappa shape index (κ3) is 2.38. The fraction of sp³-hybridized carbons (Fsp3) is 0.250. The Morgan fingerprint density at radius 3 is 2.65 bits per heavy atom. The SMILES string of the molecule is CC(C)(C)n1nc(-c2ccc(F)c(C#N)c2)c2c(N)ncnc21. The molecule has 0 aliphatic carbocycles. The lowest BCUT2D eigenvalue weighted by atomic mass is 10.1. The number of nitriles is 1. The van der Waals surface area contributed by atoms with Crippen molar-refractivity contribution in [2.75, 3.05) is 5.73 Å². The summed E-state index contributed by atoms with van der Waals surface area (Å²) in [6, 6.07) is 6.10. The summed E-state index contributed by atoms with van der Waals surface area (Å²) in [5.74, 6) is -0.275. The van der Waals surface area contributed by atoms with E-state index in [1.807, 2.05) is 26.8 Å². The molecule has 0 saturated heterocycles. The monoisotopic (exact) mass is 310 g/mol. The maximum Gasteiger partial charge on any atom is 0.164 e. The van der Waals surface area contributed by atoms with Crippen LogP contribution in [0.3, 0.4) is 0 Å². The molecule has 2 heterocycles. The van der Waals surface area contributed by atoms with E-state index in [9.17, 15) is 4.39 Å². The second-order valence-electron chi connectivity index (χ2n) is 6.20. The van der Waals surface area contributed by atoms with Gasteiger partial charge in [-0.05, 0) is 39.0 Å². The molecule has 0 fully saturated rings. The van der Waals surface area contributed by atoms with Gasteiger partial charge in [-0.25, -0.2) is 19.0 Å². The number of nitrogens with zero attached hydrogens (tertiary/aromatic N) is 5. The highest BCUT2D eigenvalue weighted by atomic mass is 19.1. The number of hydrogen-bond acceptors (Lipinski definition) is 5. The number of anilines is 1. The van der Waals surface area contributed by atoms with E-state index in [4.69, 9.17) is 11.0 Å². The molecule has 0 aliphatic rings. The second kappa shape index (κ2) is 5.02. The largest absolute Gasteiger partial charge is 0.383 e. The van der Waals surface area contributed by atoms with Crippen LogP contribution in [0, 0.1) is 17.1 Å². The number of rotatable bonds is 1. The highest BCUT2D eigenvalue weighted by molar-refractivity contribution is 5.98. The van der Waals surface area contributed by atoms with Crippen LogP contribution in [-0.2, 0) is 5.54 Å². The quantitative estimate of drug-likeness (QED) is 0.746. The molecule has 116 valence electrons. The fourth-order valence-electron chi connectivity index (χ4n) is 2.40. The molecule has 3 aromatic rings. The third-order valence-electron chi connectivity index (χ3n) is 3.49. The van der Waals surface area contributed by atoms with E-state index in [0.717, 1.165) is 0 Å². The molecule has 0 unspecified atom stereocenters. The Morgan fingerprint density at radius 2 is 2.00 bits per heavy atom. The zero-order chi connectivity index (χ0) is 16.8. The third-order valence-corrected chi connectivity index (χ3v) is 3.49. The maximum absolute atomic E-state index is 13.6. The van der Waals surface area contributed by atoms with Crippen LogP contribution in [0.15, 0.2) is 24.5 Å². The van der Waals surface area contributed by atoms with E-state index in [2.05, 4.69) is 15.1 Å². The van der Waals surface area contributed by atoms with Crippen molar-refractivity contribution in [2.24, 2.45) is 0 Å². The van der Waals surface area contributed by atoms with Gasteiger partial charge in [0.2, 0.25) is 0 Å². The van der Waals surface area contributed by atoms with Crippen LogP contribution in [0.1, 0.15) is 26.3 Å². The first-order valence-electron chi connectivity index (χ1n) is 7.02. The maximum atomic E-state index is 13.6. The first kappa shape index (κ1) is 14.9. The van der Waals surface area contributed by atoms with Crippen molar-refractivity contribution in [3.63, 3.8) is 0 Å². The molecule has 0 atom stereocenters. The number of fused-ring (bicyclic) bond motifs is 1. The van der Waals surface area contributed by atoms with Crippen LogP contribution in [0.5, 0.6) is 0 Å². The van der Waals surface area contributed by atoms with Gasteiger partial charge in [0.15, 0.2) is 5.65 Å². The molecular formula is C16H15FN6. The minimum absolute atomic E-state index is 0.0450. The number of benzene rings is 1. The van der Waals surface area contributed by atoms with Gasteiger partial charge >= 0.3 is 0 Å². The average molecular weight is 310 g/mol. The van der Waals surface area contributed by atoms with Gasteiger partial charge in [0.25, 0.3) is 0 Å². The molecule has 2 N–H and O–H groups in total. The molecule has 0 amide bonds. The number of nitrogen functional groups attached to an aromatic ring is 1. The van der Waals surface area contributed by atoms with Crippen LogP contribution >= 0.6 is 0 Å². The summed E-state index contributed by atoms with van der Waals surface area (Å²) in [5.41, 5.74) is 7.37. The summed E-state index contributed by atoms with van der Waals surface area (Å²) in [7, 11) is 0. The lowest BCUT2D eigenvalue weighted by Crippen LogP contribution is -2.23. The molecule has 0 spiro atoms. The van der Waals surface area contributed by atoms with E-state index in [1.54, 1.807) is 10.7 Å². The smallest absolute Gasteiger partial charge is 0.164 e. The lowest BCUT2D eigenvalue weighted by molar-refractivity contribution is 0.367. The van der Waals surface area contributed by atoms with Crippen LogP contribution < -0.4 is 5.73 Å². The predicted octanol–water partition coefficient (Wildman–Crippen LogP) is 2.84. The van der Waals surface area contributed by atoms with Crippen molar-refractivity contribution < 1.29 is 4.39 Å². The Labute approximate surface area is 132 Å². The van der Waals surface area contributed by atoms with Gasteiger partial charge in [-0.2, -0.15) is 10.4 Å². The van der Waals surface area contributed by atoms with E-state index >= 15 is 0 Å². The molecule has 3 rings (SSSR count). The van der Waals surface area contributed by atoms with Crippen molar-refractivity contribution in [3.05, 3.63) is 35.9 Å². The fourth-order valence-corrected chi connectivity index (χ4v) is 2.40. The molecule has 0 bridgehead atoms. The zero-order valence-electron chi connectivity index (χ0n) is 13.0. The van der Waals surface area contributed by atoms with Crippen molar-refractivity contribution >= 4 is 16.9 Å². The Morgan fingerprint density at radius 1 is 1.26 bits per heavy atom. The van der Waals surface area contributed by atoms with Gasteiger partial charge in [0, 0.05) is 5.56 Å². The molecule has 7 heteroatoms. The standard InChI is InChI=1S/C16H15FN6/c1-16(2,3)23-15-12(14(19)20-8-21-15)13(22-23)9-4-5-11(17)10(6-9)7-18/h4-6,8H,1-3H3,(H2,19,20,21). The second-order valence-corrected chi connectivity index (χ2v) is 6.20. The highest BCUT2D eigenvalue weighted by Gasteiger charge is 2.24. The van der Waals surface area contributed by atoms with Crippen molar-refractivity contribution in [2.45, 2.75) is 26.3 Å². The first-order chi connectivity index (χ1) is 10.8. The van der Waals surface area contributed by atoms with Gasteiger partial charge < -0.3 is 5.73 Å². The van der Waals surface area contributed by atoms with E-state index in [0.29, 0.717) is 28.1 Å². The molecule has 23 heavy (non-hydrogen) atoms. The van der Waals surface area contributed by atoms with Crippen molar-refractivity contribution in [1.29, 1.82) is 5.26 Å². The zero-order valence-corrected chi connectivity index (χ0v) is 13.0. The van der Waals surface area contributed by atoms with Gasteiger partial charge in [-0.1, -0.05) is 0 Å². The molecule has 2 aromatic heterocycles. The van der Waals surface area contributed by atoms with Gasteiger partial charge in [0.1, 0.15) is 29.7 Å². The minimum Gasteiger partial charge on any atom is -0.383 e. The summed E-state index contributed by atoms with van der Waals surface area (Å²) in [6.45, 7) is 5.98. The molecular weight excluding hydrogens is 295 g/mol. The Hall–Kier alpha value is -3.01. The first-order valence-corrected chi connectivity index (χ1v) is 7.02. The Kier molecular flexibility index (Phi) is 3.25. The van der Waals surface area contributed by atoms with Gasteiger partial charge in [-0.3, -0.25) is 0 Å². The highest BCUT2D eigenvalue weighted by Crippen LogP contribution is 2.33. The van der Waals surface area contributed by atoms with Crippen molar-refractivity contribution in [3.8, 4) is 17.3 Å². The van der Waals surface area contributed by atoms with Crippen LogP contribution in [0.25, 0.3) is 22.3 Å². The number of aromatic nitrogens is 4. The van der Waals surface area contributed by atoms with Crippen molar-refractivity contribution in [1.82, 2.24) is 19.7 Å². The van der Waals surface area contributed by atoms with Crippen LogP contribution in [-0.4, -0.2) is 19.7 Å². The van der Waals surface area contributed by atoms with Crippen LogP contribution in [0.4, 0.5) is 10.2 Å². The average Bonchev–Trinajstić information content (AvgIpc) is 2.89. The summed E-state index contributed by atoms with van der Waals surface area (Å²) in [4.78, 5) is 8.31. The Bertz CT molecular complexity index is 946. The van der Waals surface area contributed by atoms with E-state index < -0.39 is 5.82 Å². The number of hydrogen-bond donors (Lipinski definition) is 1. The summed E-state index contributed by atoms with van der Waals surface area (Å²) < 4.78 is 15.3. The minimum atomic E-state index is -0.569. The normalized spacial score (nSPS) is 11.6. The topological polar surface area (TPSA) is 93.4 Å². The lowest BCUT2D eigenvalue weighted by Gasteiger charge is -2.19. The molecule has 0 saturated carbocycles. The number of halogens is 1. The molecule has 6 nitrogen and oxygen atoms in total. The summed E-state index contributed by atoms with van der Waals surface area (Å²) in [6.07, 6.45) is 1.39. The van der Waals surface area contributed by atoms with Crippen LogP contribution in [0.2, 0.25) is 0 Å². The number of nitrogens with two attached hydrogens (primary N) is 1. The molecule has 1 aromatic carbocycles. The predicted molar refractivity (Wildman–Crippen MR) is 84.8 cm³/mol. The summed E-state index contributed by atoms with van der Waals surface area (Å²) >= 11 is 0. The molecule has 0 radical (unpaired) electrons. The van der Waals surface area contributed by atoms with Gasteiger partial charge in [-0.15, -0.1) is 0 Å². The van der Waals surface area contributed by atoms with Gasteiger partial charge in [0.05, 0.1) is 16.5 Å². The Balaban J connectivity index is 2.37. The summed E-state index contributed by atoms with van der Waals surface area (Å²) in [5, 5.41) is 14.2. The van der Waals surface area contributed by atoms with E-state index in [1.165, 1.54) is 18.5 Å². The molecule has 0 aliphatic heterocycles.